The minimum absolute atomic E-state index is 0.327. The summed E-state index contributed by atoms with van der Waals surface area (Å²) in [6.07, 6.45) is 5.58. The first-order valence-electron chi connectivity index (χ1n) is 6.04. The van der Waals surface area contributed by atoms with Gasteiger partial charge in [-0.3, -0.25) is 4.68 Å². The molecule has 0 amide bonds. The second-order valence-electron chi connectivity index (χ2n) is 4.40. The molecule has 0 aliphatic heterocycles. The Labute approximate surface area is 113 Å². The van der Waals surface area contributed by atoms with Crippen molar-refractivity contribution in [2.45, 2.75) is 17.9 Å². The minimum Gasteiger partial charge on any atom is -0.330 e. The van der Waals surface area contributed by atoms with Crippen molar-refractivity contribution >= 4 is 9.84 Å². The van der Waals surface area contributed by atoms with Crippen molar-refractivity contribution < 1.29 is 8.42 Å². The summed E-state index contributed by atoms with van der Waals surface area (Å²) < 4.78 is 25.3. The molecule has 2 N–H and O–H groups in total. The zero-order valence-electron chi connectivity index (χ0n) is 10.8. The molecule has 2 aromatic rings. The number of aromatic nitrogens is 2. The lowest BCUT2D eigenvalue weighted by Crippen LogP contribution is -2.05. The quantitative estimate of drug-likeness (QED) is 0.895. The van der Waals surface area contributed by atoms with Crippen LogP contribution in [0.2, 0.25) is 0 Å². The van der Waals surface area contributed by atoms with Crippen molar-refractivity contribution in [2.24, 2.45) is 5.73 Å². The highest BCUT2D eigenvalue weighted by molar-refractivity contribution is 7.90. The Hall–Kier alpha value is -1.66. The Morgan fingerprint density at radius 2 is 2.05 bits per heavy atom. The highest BCUT2D eigenvalue weighted by Gasteiger charge is 2.14. The number of aryl methyl sites for hydroxylation is 1. The molecule has 1 heterocycles. The third-order valence-corrected chi connectivity index (χ3v) is 3.98. The van der Waals surface area contributed by atoms with E-state index >= 15 is 0 Å². The van der Waals surface area contributed by atoms with Gasteiger partial charge in [-0.15, -0.1) is 0 Å². The van der Waals surface area contributed by atoms with E-state index in [1.807, 2.05) is 12.3 Å². The summed E-state index contributed by atoms with van der Waals surface area (Å²) in [7, 11) is -3.25. The highest BCUT2D eigenvalue weighted by atomic mass is 32.2. The van der Waals surface area contributed by atoms with Crippen LogP contribution in [0.4, 0.5) is 0 Å². The van der Waals surface area contributed by atoms with Gasteiger partial charge in [0.1, 0.15) is 0 Å². The summed E-state index contributed by atoms with van der Waals surface area (Å²) in [5, 5.41) is 4.22. The molecule has 0 fully saturated rings. The van der Waals surface area contributed by atoms with Crippen LogP contribution in [0.5, 0.6) is 0 Å². The number of benzene rings is 1. The Kier molecular flexibility index (Phi) is 4.01. The third-order valence-electron chi connectivity index (χ3n) is 2.82. The van der Waals surface area contributed by atoms with E-state index in [1.54, 1.807) is 29.1 Å². The van der Waals surface area contributed by atoms with Gasteiger partial charge in [-0.2, -0.15) is 5.10 Å². The Bertz CT molecular complexity index is 662. The maximum atomic E-state index is 11.8. The summed E-state index contributed by atoms with van der Waals surface area (Å²) in [5.74, 6) is 0. The van der Waals surface area contributed by atoms with Gasteiger partial charge in [0.25, 0.3) is 0 Å². The smallest absolute Gasteiger partial charge is 0.176 e. The van der Waals surface area contributed by atoms with E-state index in [-0.39, 0.29) is 0 Å². The van der Waals surface area contributed by atoms with E-state index in [0.29, 0.717) is 17.0 Å². The summed E-state index contributed by atoms with van der Waals surface area (Å²) in [5.41, 5.74) is 6.94. The molecule has 0 unspecified atom stereocenters. The van der Waals surface area contributed by atoms with Crippen LogP contribution in [0, 0.1) is 0 Å². The summed E-state index contributed by atoms with van der Waals surface area (Å²) in [4.78, 5) is 0.327. The van der Waals surface area contributed by atoms with Gasteiger partial charge in [-0.1, -0.05) is 18.2 Å². The molecule has 0 aliphatic carbocycles. The molecule has 0 bridgehead atoms. The minimum atomic E-state index is -3.25. The molecule has 0 saturated heterocycles. The summed E-state index contributed by atoms with van der Waals surface area (Å²) in [6, 6.07) is 6.95. The first-order valence-corrected chi connectivity index (χ1v) is 7.93. The Balaban J connectivity index is 2.40. The molecule has 19 heavy (non-hydrogen) atoms. The van der Waals surface area contributed by atoms with Crippen LogP contribution in [0.25, 0.3) is 11.1 Å². The molecule has 0 spiro atoms. The molecule has 0 saturated carbocycles. The molecule has 1 aromatic heterocycles. The van der Waals surface area contributed by atoms with Crippen LogP contribution >= 0.6 is 0 Å². The molecule has 102 valence electrons. The van der Waals surface area contributed by atoms with Gasteiger partial charge < -0.3 is 5.73 Å². The first-order chi connectivity index (χ1) is 9.02. The number of nitrogens with two attached hydrogens (primary N) is 1. The van der Waals surface area contributed by atoms with E-state index < -0.39 is 9.84 Å². The fourth-order valence-electron chi connectivity index (χ4n) is 1.91. The monoisotopic (exact) mass is 279 g/mol. The maximum Gasteiger partial charge on any atom is 0.176 e. The third kappa shape index (κ3) is 3.21. The lowest BCUT2D eigenvalue weighted by Gasteiger charge is -2.05. The van der Waals surface area contributed by atoms with E-state index in [4.69, 9.17) is 5.73 Å². The molecule has 0 atom stereocenters. The molecule has 1 aromatic carbocycles. The van der Waals surface area contributed by atoms with Crippen molar-refractivity contribution in [3.05, 3.63) is 36.7 Å². The number of hydrogen-bond donors (Lipinski definition) is 1. The fraction of sp³-hybridized carbons (Fsp3) is 0.308. The van der Waals surface area contributed by atoms with Crippen molar-refractivity contribution in [2.75, 3.05) is 12.8 Å². The van der Waals surface area contributed by atoms with Gasteiger partial charge in [-0.05, 0) is 19.0 Å². The highest BCUT2D eigenvalue weighted by Crippen LogP contribution is 2.26. The molecular weight excluding hydrogens is 262 g/mol. The van der Waals surface area contributed by atoms with Crippen LogP contribution in [0.15, 0.2) is 41.6 Å². The fourth-order valence-corrected chi connectivity index (χ4v) is 2.82. The SMILES string of the molecule is CS(=O)(=O)c1ccccc1-c1cnn(CCCN)c1. The van der Waals surface area contributed by atoms with Crippen LogP contribution in [-0.4, -0.2) is 31.0 Å². The van der Waals surface area contributed by atoms with E-state index in [9.17, 15) is 8.42 Å². The van der Waals surface area contributed by atoms with E-state index in [2.05, 4.69) is 5.10 Å². The van der Waals surface area contributed by atoms with Crippen molar-refractivity contribution in [3.63, 3.8) is 0 Å². The number of hydrogen-bond acceptors (Lipinski definition) is 4. The van der Waals surface area contributed by atoms with Gasteiger partial charge in [0.05, 0.1) is 11.1 Å². The molecule has 5 nitrogen and oxygen atoms in total. The normalized spacial score (nSPS) is 11.7. The second kappa shape index (κ2) is 5.54. The van der Waals surface area contributed by atoms with Crippen LogP contribution in [0.3, 0.4) is 0 Å². The van der Waals surface area contributed by atoms with Gasteiger partial charge in [0.2, 0.25) is 0 Å². The maximum absolute atomic E-state index is 11.8. The average Bonchev–Trinajstić information content (AvgIpc) is 2.84. The number of sulfone groups is 1. The molecular formula is C13H17N3O2S. The predicted molar refractivity (Wildman–Crippen MR) is 74.4 cm³/mol. The Morgan fingerprint density at radius 1 is 1.32 bits per heavy atom. The van der Waals surface area contributed by atoms with Crippen molar-refractivity contribution in [3.8, 4) is 11.1 Å². The van der Waals surface area contributed by atoms with Crippen LogP contribution in [0.1, 0.15) is 6.42 Å². The van der Waals surface area contributed by atoms with Gasteiger partial charge in [-0.25, -0.2) is 8.42 Å². The zero-order chi connectivity index (χ0) is 13.9. The second-order valence-corrected chi connectivity index (χ2v) is 6.39. The lowest BCUT2D eigenvalue weighted by atomic mass is 10.1. The van der Waals surface area contributed by atoms with Gasteiger partial charge in [0.15, 0.2) is 9.84 Å². The average molecular weight is 279 g/mol. The Morgan fingerprint density at radius 3 is 2.74 bits per heavy atom. The van der Waals surface area contributed by atoms with Crippen LogP contribution < -0.4 is 5.73 Å². The number of rotatable bonds is 5. The van der Waals surface area contributed by atoms with Crippen LogP contribution in [-0.2, 0) is 16.4 Å². The topological polar surface area (TPSA) is 78.0 Å². The first kappa shape index (κ1) is 13.8. The molecule has 0 radical (unpaired) electrons. The lowest BCUT2D eigenvalue weighted by molar-refractivity contribution is 0.585. The zero-order valence-corrected chi connectivity index (χ0v) is 11.6. The van der Waals surface area contributed by atoms with Gasteiger partial charge >= 0.3 is 0 Å². The molecule has 2 rings (SSSR count). The summed E-state index contributed by atoms with van der Waals surface area (Å²) in [6.45, 7) is 1.34. The van der Waals surface area contributed by atoms with E-state index in [1.165, 1.54) is 6.26 Å². The number of nitrogens with zero attached hydrogens (tertiary/aromatic N) is 2. The van der Waals surface area contributed by atoms with Crippen molar-refractivity contribution in [1.82, 2.24) is 9.78 Å². The van der Waals surface area contributed by atoms with Gasteiger partial charge in [0, 0.05) is 30.1 Å². The van der Waals surface area contributed by atoms with E-state index in [0.717, 1.165) is 18.5 Å². The molecule has 0 aliphatic rings. The standard InChI is InChI=1S/C13H17N3O2S/c1-19(17,18)13-6-3-2-5-12(13)11-9-15-16(10-11)8-4-7-14/h2-3,5-6,9-10H,4,7-8,14H2,1H3. The van der Waals surface area contributed by atoms with Crippen molar-refractivity contribution in [1.29, 1.82) is 0 Å². The molecule has 6 heteroatoms. The summed E-state index contributed by atoms with van der Waals surface area (Å²) >= 11 is 0. The largest absolute Gasteiger partial charge is 0.330 e. The predicted octanol–water partition coefficient (Wildman–Crippen LogP) is 1.30.